The first-order valence-electron chi connectivity index (χ1n) is 6.66. The number of aryl methyl sites for hydroxylation is 1. The molecule has 0 atom stereocenters. The zero-order chi connectivity index (χ0) is 17.5. The van der Waals surface area contributed by atoms with Crippen molar-refractivity contribution < 1.29 is 13.2 Å². The summed E-state index contributed by atoms with van der Waals surface area (Å²) in [6.45, 7) is 2.04. The monoisotopic (exact) mass is 454 g/mol. The fourth-order valence-corrected chi connectivity index (χ4v) is 5.49. The number of fused-ring (bicyclic) bond motifs is 1. The molecule has 0 bridgehead atoms. The summed E-state index contributed by atoms with van der Waals surface area (Å²) in [5.74, 6) is 1.50. The van der Waals surface area contributed by atoms with Gasteiger partial charge in [-0.05, 0) is 27.7 Å². The molecule has 3 heterocycles. The van der Waals surface area contributed by atoms with E-state index < -0.39 is 5.51 Å². The van der Waals surface area contributed by atoms with Crippen molar-refractivity contribution in [3.8, 4) is 11.5 Å². The van der Waals surface area contributed by atoms with Gasteiger partial charge in [-0.3, -0.25) is 0 Å². The lowest BCUT2D eigenvalue weighted by Crippen LogP contribution is -2.00. The summed E-state index contributed by atoms with van der Waals surface area (Å²) in [4.78, 5) is 12.8. The summed E-state index contributed by atoms with van der Waals surface area (Å²) in [6.07, 6.45) is 1.41. The second-order valence-electron chi connectivity index (χ2n) is 4.59. The van der Waals surface area contributed by atoms with Crippen LogP contribution in [0.2, 0.25) is 0 Å². The molecule has 0 saturated heterocycles. The van der Waals surface area contributed by atoms with Gasteiger partial charge in [0, 0.05) is 18.8 Å². The maximum atomic E-state index is 12.5. The maximum absolute atomic E-state index is 12.5. The number of nitrogens with zero attached hydrogens (tertiary/aromatic N) is 4. The number of pyridine rings is 1. The highest BCUT2D eigenvalue weighted by molar-refractivity contribution is 9.11. The summed E-state index contributed by atoms with van der Waals surface area (Å²) < 4.78 is 41.1. The smallest absolute Gasteiger partial charge is 0.324 e. The van der Waals surface area contributed by atoms with Crippen LogP contribution in [-0.2, 0) is 7.05 Å². The molecule has 0 N–H and O–H groups in total. The van der Waals surface area contributed by atoms with Gasteiger partial charge in [-0.2, -0.15) is 13.2 Å². The first-order chi connectivity index (χ1) is 11.3. The number of thiazole rings is 1. The third-order valence-electron chi connectivity index (χ3n) is 3.02. The maximum Gasteiger partial charge on any atom is 0.447 e. The topological polar surface area (TPSA) is 43.6 Å². The zero-order valence-electron chi connectivity index (χ0n) is 12.4. The van der Waals surface area contributed by atoms with E-state index in [1.807, 2.05) is 6.92 Å². The Morgan fingerprint density at radius 1 is 1.33 bits per heavy atom. The van der Waals surface area contributed by atoms with E-state index in [2.05, 4.69) is 30.9 Å². The number of halogens is 4. The zero-order valence-corrected chi connectivity index (χ0v) is 16.4. The van der Waals surface area contributed by atoms with Crippen molar-refractivity contribution in [3.05, 3.63) is 16.2 Å². The second kappa shape index (κ2) is 6.85. The predicted octanol–water partition coefficient (Wildman–Crippen LogP) is 5.58. The Kier molecular flexibility index (Phi) is 5.14. The standard InChI is InChI=1S/C13H10BrF3N4S3/c1-3-22-11-9(20-12(14)23-11)10-19-6-4-8(24-13(15,16)17)18-5-7(6)21(10)2/h4-5H,3H2,1-2H3. The van der Waals surface area contributed by atoms with Crippen LogP contribution in [0.5, 0.6) is 0 Å². The summed E-state index contributed by atoms with van der Waals surface area (Å²) in [5.41, 5.74) is -2.52. The molecule has 0 spiro atoms. The molecule has 3 aromatic rings. The molecule has 128 valence electrons. The molecule has 0 unspecified atom stereocenters. The van der Waals surface area contributed by atoms with Crippen molar-refractivity contribution in [3.63, 3.8) is 0 Å². The molecule has 0 saturated carbocycles. The predicted molar refractivity (Wildman–Crippen MR) is 95.6 cm³/mol. The number of aromatic nitrogens is 4. The molecule has 0 amide bonds. The first-order valence-corrected chi connectivity index (χ1v) is 10.1. The van der Waals surface area contributed by atoms with E-state index in [9.17, 15) is 13.2 Å². The van der Waals surface area contributed by atoms with E-state index in [-0.39, 0.29) is 16.8 Å². The minimum atomic E-state index is -4.37. The summed E-state index contributed by atoms with van der Waals surface area (Å²) in [5, 5.41) is -0.123. The molecule has 4 nitrogen and oxygen atoms in total. The van der Waals surface area contributed by atoms with E-state index in [4.69, 9.17) is 0 Å². The third-order valence-corrected chi connectivity index (χ3v) is 6.33. The van der Waals surface area contributed by atoms with Crippen molar-refractivity contribution in [2.45, 2.75) is 21.7 Å². The molecule has 0 aromatic carbocycles. The highest BCUT2D eigenvalue weighted by Crippen LogP contribution is 2.40. The van der Waals surface area contributed by atoms with Gasteiger partial charge in [-0.25, -0.2) is 15.0 Å². The summed E-state index contributed by atoms with van der Waals surface area (Å²) >= 11 is 6.30. The molecule has 0 radical (unpaired) electrons. The number of rotatable bonds is 4. The van der Waals surface area contributed by atoms with Gasteiger partial charge < -0.3 is 4.57 Å². The van der Waals surface area contributed by atoms with Gasteiger partial charge in [-0.15, -0.1) is 11.8 Å². The number of hydrogen-bond acceptors (Lipinski definition) is 6. The lowest BCUT2D eigenvalue weighted by molar-refractivity contribution is -0.0329. The average molecular weight is 455 g/mol. The van der Waals surface area contributed by atoms with Crippen LogP contribution in [-0.4, -0.2) is 30.8 Å². The van der Waals surface area contributed by atoms with Crippen molar-refractivity contribution in [2.75, 3.05) is 5.75 Å². The Morgan fingerprint density at radius 3 is 2.75 bits per heavy atom. The normalized spacial score (nSPS) is 12.2. The molecular formula is C13H10BrF3N4S3. The Hall–Kier alpha value is -0.780. The fourth-order valence-electron chi connectivity index (χ4n) is 2.11. The van der Waals surface area contributed by atoms with Gasteiger partial charge in [0.1, 0.15) is 10.7 Å². The van der Waals surface area contributed by atoms with E-state index >= 15 is 0 Å². The first kappa shape index (κ1) is 18.0. The average Bonchev–Trinajstić information content (AvgIpc) is 2.98. The lowest BCUT2D eigenvalue weighted by atomic mass is 10.4. The van der Waals surface area contributed by atoms with Crippen LogP contribution in [0.15, 0.2) is 25.4 Å². The van der Waals surface area contributed by atoms with Gasteiger partial charge in [0.25, 0.3) is 0 Å². The summed E-state index contributed by atoms with van der Waals surface area (Å²) in [7, 11) is 1.80. The quantitative estimate of drug-likeness (QED) is 0.481. The molecular weight excluding hydrogens is 445 g/mol. The molecule has 3 aromatic heterocycles. The van der Waals surface area contributed by atoms with Crippen molar-refractivity contribution >= 4 is 61.8 Å². The van der Waals surface area contributed by atoms with E-state index in [1.54, 1.807) is 23.4 Å². The Bertz CT molecular complexity index is 891. The van der Waals surface area contributed by atoms with E-state index in [0.717, 1.165) is 19.6 Å². The van der Waals surface area contributed by atoms with Crippen LogP contribution in [0.25, 0.3) is 22.6 Å². The number of alkyl halides is 3. The second-order valence-corrected chi connectivity index (χ2v) is 9.48. The van der Waals surface area contributed by atoms with E-state index in [1.165, 1.54) is 23.6 Å². The fraction of sp³-hybridized carbons (Fsp3) is 0.308. The lowest BCUT2D eigenvalue weighted by Gasteiger charge is -2.04. The van der Waals surface area contributed by atoms with Gasteiger partial charge in [0.2, 0.25) is 0 Å². The summed E-state index contributed by atoms with van der Waals surface area (Å²) in [6, 6.07) is 1.35. The molecule has 24 heavy (non-hydrogen) atoms. The van der Waals surface area contributed by atoms with E-state index in [0.29, 0.717) is 16.9 Å². The highest BCUT2D eigenvalue weighted by Gasteiger charge is 2.30. The third kappa shape index (κ3) is 3.73. The van der Waals surface area contributed by atoms with Gasteiger partial charge >= 0.3 is 5.51 Å². The largest absolute Gasteiger partial charge is 0.447 e. The van der Waals surface area contributed by atoms with Crippen LogP contribution in [0.1, 0.15) is 6.92 Å². The van der Waals surface area contributed by atoms with Crippen LogP contribution in [0.4, 0.5) is 13.2 Å². The minimum absolute atomic E-state index is 0.123. The Balaban J connectivity index is 2.08. The molecule has 3 rings (SSSR count). The van der Waals surface area contributed by atoms with Crippen molar-refractivity contribution in [1.82, 2.24) is 19.5 Å². The number of hydrogen-bond donors (Lipinski definition) is 0. The molecule has 0 aliphatic rings. The van der Waals surface area contributed by atoms with Gasteiger partial charge in [0.15, 0.2) is 9.74 Å². The SMILES string of the molecule is CCSc1sc(Br)nc1-c1nc2cc(SC(F)(F)F)ncc2n1C. The molecule has 11 heteroatoms. The van der Waals surface area contributed by atoms with Crippen LogP contribution < -0.4 is 0 Å². The molecule has 0 aliphatic carbocycles. The molecule has 0 fully saturated rings. The molecule has 0 aliphatic heterocycles. The highest BCUT2D eigenvalue weighted by atomic mass is 79.9. The Morgan fingerprint density at radius 2 is 2.08 bits per heavy atom. The van der Waals surface area contributed by atoms with Gasteiger partial charge in [0.05, 0.1) is 21.4 Å². The van der Waals surface area contributed by atoms with Crippen LogP contribution in [0.3, 0.4) is 0 Å². The van der Waals surface area contributed by atoms with Crippen LogP contribution in [0, 0.1) is 0 Å². The number of thioether (sulfide) groups is 2. The number of imidazole rings is 1. The Labute approximate surface area is 156 Å². The van der Waals surface area contributed by atoms with Gasteiger partial charge in [-0.1, -0.05) is 18.3 Å². The van der Waals surface area contributed by atoms with Crippen molar-refractivity contribution in [2.24, 2.45) is 7.05 Å². The van der Waals surface area contributed by atoms with Crippen LogP contribution >= 0.6 is 50.8 Å². The van der Waals surface area contributed by atoms with Crippen molar-refractivity contribution in [1.29, 1.82) is 0 Å². The minimum Gasteiger partial charge on any atom is -0.324 e.